The molecule has 0 fully saturated rings. The summed E-state index contributed by atoms with van der Waals surface area (Å²) in [4.78, 5) is 4.93. The number of hydrogen-bond donors (Lipinski definition) is 5. The highest BCUT2D eigenvalue weighted by Crippen LogP contribution is 2.46. The van der Waals surface area contributed by atoms with E-state index in [-0.39, 0.29) is 16.1 Å². The van der Waals surface area contributed by atoms with Crippen LogP contribution in [0.1, 0.15) is 5.69 Å². The first kappa shape index (κ1) is 35.0. The number of azo groups is 1. The number of aromatic hydroxyl groups is 1. The van der Waals surface area contributed by atoms with Gasteiger partial charge in [-0.15, -0.1) is 10.2 Å². The molecule has 5 N–H and O–H groups in total. The van der Waals surface area contributed by atoms with Gasteiger partial charge < -0.3 is 10.4 Å². The van der Waals surface area contributed by atoms with Crippen molar-refractivity contribution in [1.29, 1.82) is 0 Å². The molecule has 0 saturated carbocycles. The third-order valence-corrected chi connectivity index (χ3v) is 10.6. The number of hydrogen-bond acceptors (Lipinski definition) is 14. The molecule has 0 amide bonds. The summed E-state index contributed by atoms with van der Waals surface area (Å²) in [5.41, 5.74) is -1.99. The van der Waals surface area contributed by atoms with Crippen LogP contribution in [0, 0.1) is 6.92 Å². The number of benzene rings is 4. The molecule has 48 heavy (non-hydrogen) atoms. The Morgan fingerprint density at radius 3 is 2.06 bits per heavy atom. The predicted octanol–water partition coefficient (Wildman–Crippen LogP) is 4.75. The van der Waals surface area contributed by atoms with Gasteiger partial charge in [-0.05, 0) is 42.0 Å². The van der Waals surface area contributed by atoms with Crippen LogP contribution in [-0.4, -0.2) is 68.7 Å². The van der Waals surface area contributed by atoms with Gasteiger partial charge in [0.2, 0.25) is 15.0 Å². The summed E-state index contributed by atoms with van der Waals surface area (Å²) >= 11 is 6.28. The number of rotatable bonds is 8. The highest BCUT2D eigenvalue weighted by atomic mass is 35.5. The van der Waals surface area contributed by atoms with Crippen molar-refractivity contribution < 1.29 is 52.4 Å². The molecule has 17 nitrogen and oxygen atoms in total. The highest BCUT2D eigenvalue weighted by molar-refractivity contribution is 7.90. The van der Waals surface area contributed by atoms with Crippen LogP contribution < -0.4 is 5.32 Å². The molecular weight excluding hydrogens is 738 g/mol. The van der Waals surface area contributed by atoms with Crippen molar-refractivity contribution in [3.05, 3.63) is 65.3 Å². The molecular formula is C26H20ClN5O12S4. The van der Waals surface area contributed by atoms with Crippen LogP contribution in [0.25, 0.3) is 21.5 Å². The van der Waals surface area contributed by atoms with Gasteiger partial charge in [0.25, 0.3) is 30.4 Å². The maximum Gasteiger partial charge on any atom is 0.297 e. The second-order valence-corrected chi connectivity index (χ2v) is 16.5. The van der Waals surface area contributed by atoms with E-state index >= 15 is 0 Å². The van der Waals surface area contributed by atoms with E-state index in [2.05, 4.69) is 25.5 Å². The molecule has 0 radical (unpaired) electrons. The van der Waals surface area contributed by atoms with Gasteiger partial charge >= 0.3 is 0 Å². The lowest BCUT2D eigenvalue weighted by molar-refractivity contribution is 0.472. The first-order valence-electron chi connectivity index (χ1n) is 12.8. The third-order valence-electron chi connectivity index (χ3n) is 6.65. The Morgan fingerprint density at radius 2 is 1.46 bits per heavy atom. The number of phenols is 1. The van der Waals surface area contributed by atoms with Crippen LogP contribution in [0.4, 0.5) is 22.9 Å². The standard InChI is InChI=1S/C26H20ClN5O12S4/c1-12-21(27)25(30-26(28-12)45(2,34)35)29-18-11-15(46(36,37)38)9-14-10-19(47(39,40)41)22(23(33)20(14)18)32-31-17-8-7-13-5-3-4-6-16(13)24(17)48(42,43)44/h3-11,33H,1-2H3,(H,28,29,30)(H,36,37,38)(H,39,40,41)(H,42,43,44). The van der Waals surface area contributed by atoms with Crippen molar-refractivity contribution >= 4 is 96.2 Å². The lowest BCUT2D eigenvalue weighted by Crippen LogP contribution is -2.09. The van der Waals surface area contributed by atoms with Gasteiger partial charge in [0.1, 0.15) is 26.2 Å². The number of aromatic nitrogens is 2. The molecule has 5 rings (SSSR count). The summed E-state index contributed by atoms with van der Waals surface area (Å²) < 4.78 is 128. The van der Waals surface area contributed by atoms with Crippen LogP contribution in [0.15, 0.2) is 84.7 Å². The van der Waals surface area contributed by atoms with Crippen molar-refractivity contribution in [2.75, 3.05) is 11.6 Å². The van der Waals surface area contributed by atoms with Gasteiger partial charge in [-0.3, -0.25) is 13.7 Å². The van der Waals surface area contributed by atoms with Crippen molar-refractivity contribution in [3.63, 3.8) is 0 Å². The van der Waals surface area contributed by atoms with E-state index < -0.39 is 99.4 Å². The van der Waals surface area contributed by atoms with Crippen molar-refractivity contribution in [2.24, 2.45) is 10.2 Å². The number of aryl methyl sites for hydroxylation is 1. The molecule has 22 heteroatoms. The van der Waals surface area contributed by atoms with E-state index in [9.17, 15) is 52.4 Å². The molecule has 252 valence electrons. The fourth-order valence-corrected chi connectivity index (χ4v) is 7.32. The summed E-state index contributed by atoms with van der Waals surface area (Å²) in [6.45, 7) is 1.33. The molecule has 0 aliphatic rings. The van der Waals surface area contributed by atoms with Crippen molar-refractivity contribution in [3.8, 4) is 5.75 Å². The second kappa shape index (κ2) is 12.0. The monoisotopic (exact) mass is 757 g/mol. The Labute approximate surface area is 277 Å². The maximum absolute atomic E-state index is 12.5. The van der Waals surface area contributed by atoms with Crippen LogP contribution in [0.5, 0.6) is 5.75 Å². The summed E-state index contributed by atoms with van der Waals surface area (Å²) in [5, 5.41) is 20.0. The van der Waals surface area contributed by atoms with Crippen molar-refractivity contribution in [2.45, 2.75) is 26.8 Å². The number of fused-ring (bicyclic) bond motifs is 2. The van der Waals surface area contributed by atoms with Gasteiger partial charge in [0.15, 0.2) is 11.6 Å². The SMILES string of the molecule is Cc1nc(S(C)(=O)=O)nc(Nc2cc(S(=O)(=O)O)cc3cc(S(=O)(=O)O)c(N=Nc4ccc5ccccc5c4S(=O)(=O)O)c(O)c23)c1Cl. The first-order valence-corrected chi connectivity index (χ1v) is 19.4. The number of halogens is 1. The summed E-state index contributed by atoms with van der Waals surface area (Å²) in [7, 11) is -19.3. The van der Waals surface area contributed by atoms with Gasteiger partial charge in [-0.25, -0.2) is 13.4 Å². The largest absolute Gasteiger partial charge is 0.505 e. The van der Waals surface area contributed by atoms with Gasteiger partial charge in [-0.2, -0.15) is 30.2 Å². The van der Waals surface area contributed by atoms with Gasteiger partial charge in [0, 0.05) is 17.0 Å². The molecule has 4 aromatic carbocycles. The Morgan fingerprint density at radius 1 is 0.792 bits per heavy atom. The summed E-state index contributed by atoms with van der Waals surface area (Å²) in [5.74, 6) is -1.51. The fourth-order valence-electron chi connectivity index (χ4n) is 4.60. The molecule has 0 unspecified atom stereocenters. The van der Waals surface area contributed by atoms with E-state index in [1.165, 1.54) is 31.2 Å². The Kier molecular flexibility index (Phi) is 8.71. The zero-order valence-electron chi connectivity index (χ0n) is 24.1. The normalized spacial score (nSPS) is 13.0. The summed E-state index contributed by atoms with van der Waals surface area (Å²) in [6.07, 6.45) is 0.802. The minimum atomic E-state index is -5.30. The molecule has 0 spiro atoms. The minimum Gasteiger partial charge on any atom is -0.505 e. The van der Waals surface area contributed by atoms with Gasteiger partial charge in [-0.1, -0.05) is 41.9 Å². The molecule has 0 aliphatic heterocycles. The van der Waals surface area contributed by atoms with Crippen LogP contribution >= 0.6 is 11.6 Å². The third kappa shape index (κ3) is 6.79. The molecule has 1 aromatic heterocycles. The molecule has 0 saturated heterocycles. The van der Waals surface area contributed by atoms with Crippen LogP contribution in [0.3, 0.4) is 0 Å². The first-order chi connectivity index (χ1) is 22.1. The minimum absolute atomic E-state index is 0.0175. The topological polar surface area (TPSA) is 280 Å². The quantitative estimate of drug-likeness (QED) is 0.0811. The Balaban J connectivity index is 1.84. The number of nitrogens with one attached hydrogen (secondary N) is 1. The van der Waals surface area contributed by atoms with E-state index in [1.807, 2.05) is 0 Å². The predicted molar refractivity (Wildman–Crippen MR) is 171 cm³/mol. The second-order valence-electron chi connectivity index (χ2n) is 10.1. The molecule has 5 aromatic rings. The number of sulfone groups is 1. The zero-order chi connectivity index (χ0) is 35.6. The maximum atomic E-state index is 12.5. The molecule has 0 aliphatic carbocycles. The molecule has 0 bridgehead atoms. The average Bonchev–Trinajstić information content (AvgIpc) is 2.96. The van der Waals surface area contributed by atoms with E-state index in [4.69, 9.17) is 11.6 Å². The molecule has 1 heterocycles. The number of nitrogens with zero attached hydrogens (tertiary/aromatic N) is 4. The Bertz CT molecular complexity index is 2690. The van der Waals surface area contributed by atoms with E-state index in [1.54, 1.807) is 6.07 Å². The van der Waals surface area contributed by atoms with Crippen LogP contribution in [0.2, 0.25) is 5.02 Å². The number of phenolic OH excluding ortho intramolecular Hbond substituents is 1. The van der Waals surface area contributed by atoms with Crippen molar-refractivity contribution in [1.82, 2.24) is 9.97 Å². The van der Waals surface area contributed by atoms with E-state index in [0.29, 0.717) is 11.5 Å². The summed E-state index contributed by atoms with van der Waals surface area (Å²) in [6, 6.07) is 10.7. The highest BCUT2D eigenvalue weighted by Gasteiger charge is 2.27. The molecule has 0 atom stereocenters. The Hall–Kier alpha value is -4.35. The van der Waals surface area contributed by atoms with E-state index in [0.717, 1.165) is 24.5 Å². The van der Waals surface area contributed by atoms with Crippen LogP contribution in [-0.2, 0) is 40.2 Å². The number of anilines is 2. The fraction of sp³-hybridized carbons (Fsp3) is 0.0769. The average molecular weight is 758 g/mol. The van der Waals surface area contributed by atoms with Gasteiger partial charge in [0.05, 0.1) is 16.3 Å². The smallest absolute Gasteiger partial charge is 0.297 e. The zero-order valence-corrected chi connectivity index (χ0v) is 28.1. The lowest BCUT2D eigenvalue weighted by Gasteiger charge is -2.16. The lowest BCUT2D eigenvalue weighted by atomic mass is 10.1.